The van der Waals surface area contributed by atoms with E-state index in [9.17, 15) is 0 Å². The lowest BCUT2D eigenvalue weighted by Gasteiger charge is -2.33. The number of nitrogens with two attached hydrogens (primary N) is 1. The first-order valence-electron chi connectivity index (χ1n) is 4.90. The van der Waals surface area contributed by atoms with Crippen molar-refractivity contribution in [3.63, 3.8) is 0 Å². The van der Waals surface area contributed by atoms with Gasteiger partial charge in [-0.15, -0.1) is 0 Å². The summed E-state index contributed by atoms with van der Waals surface area (Å²) < 4.78 is 5.29. The van der Waals surface area contributed by atoms with Gasteiger partial charge in [-0.25, -0.2) is 0 Å². The summed E-state index contributed by atoms with van der Waals surface area (Å²) in [6.07, 6.45) is 1.96. The summed E-state index contributed by atoms with van der Waals surface area (Å²) >= 11 is 12.0. The highest BCUT2D eigenvalue weighted by atomic mass is 35.5. The Bertz CT molecular complexity index is 375. The third kappa shape index (κ3) is 2.07. The van der Waals surface area contributed by atoms with Gasteiger partial charge in [0.2, 0.25) is 0 Å². The summed E-state index contributed by atoms with van der Waals surface area (Å²) in [6.45, 7) is 0. The molecule has 1 fully saturated rings. The first-order chi connectivity index (χ1) is 7.11. The topological polar surface area (TPSA) is 35.2 Å². The Morgan fingerprint density at radius 3 is 2.53 bits per heavy atom. The van der Waals surface area contributed by atoms with Gasteiger partial charge >= 0.3 is 0 Å². The minimum absolute atomic E-state index is 0.303. The van der Waals surface area contributed by atoms with Crippen molar-refractivity contribution in [2.24, 2.45) is 5.73 Å². The van der Waals surface area contributed by atoms with Crippen molar-refractivity contribution in [1.29, 1.82) is 0 Å². The maximum atomic E-state index is 6.06. The van der Waals surface area contributed by atoms with Crippen LogP contribution in [0.1, 0.15) is 24.3 Å². The lowest BCUT2D eigenvalue weighted by Crippen LogP contribution is -2.34. The highest BCUT2D eigenvalue weighted by Crippen LogP contribution is 2.44. The maximum absolute atomic E-state index is 6.06. The molecule has 0 amide bonds. The fraction of sp³-hybridized carbons (Fsp3) is 0.455. The summed E-state index contributed by atoms with van der Waals surface area (Å²) in [4.78, 5) is 0. The molecule has 0 bridgehead atoms. The molecular formula is C11H13Cl2NO. The van der Waals surface area contributed by atoms with Crippen LogP contribution in [0.5, 0.6) is 5.75 Å². The number of methoxy groups -OCH3 is 1. The molecule has 0 heterocycles. The third-order valence-corrected chi connectivity index (χ3v) is 3.35. The van der Waals surface area contributed by atoms with Crippen LogP contribution >= 0.6 is 23.2 Å². The number of hydrogen-bond acceptors (Lipinski definition) is 2. The standard InChI is InChI=1S/C11H13Cl2NO/c1-15-11-9(6-2-8(14)3-6)4-7(12)5-10(11)13/h4-6,8H,2-3,14H2,1H3. The van der Waals surface area contributed by atoms with Crippen LogP contribution < -0.4 is 10.5 Å². The van der Waals surface area contributed by atoms with Crippen LogP contribution in [0.4, 0.5) is 0 Å². The molecule has 0 saturated heterocycles. The average molecular weight is 246 g/mol. The fourth-order valence-corrected chi connectivity index (χ4v) is 2.60. The Morgan fingerprint density at radius 2 is 2.00 bits per heavy atom. The molecule has 15 heavy (non-hydrogen) atoms. The molecule has 0 atom stereocenters. The highest BCUT2D eigenvalue weighted by molar-refractivity contribution is 6.35. The van der Waals surface area contributed by atoms with Crippen molar-refractivity contribution < 1.29 is 4.74 Å². The Morgan fingerprint density at radius 1 is 1.33 bits per heavy atom. The zero-order valence-electron chi connectivity index (χ0n) is 8.47. The minimum Gasteiger partial charge on any atom is -0.495 e. The summed E-state index contributed by atoms with van der Waals surface area (Å²) in [7, 11) is 1.62. The Kier molecular flexibility index (Phi) is 3.10. The van der Waals surface area contributed by atoms with Crippen LogP contribution in [-0.4, -0.2) is 13.2 Å². The number of rotatable bonds is 2. The monoisotopic (exact) mass is 245 g/mol. The van der Waals surface area contributed by atoms with Crippen LogP contribution in [0.3, 0.4) is 0 Å². The van der Waals surface area contributed by atoms with Crippen LogP contribution in [0.2, 0.25) is 10.0 Å². The molecule has 2 nitrogen and oxygen atoms in total. The van der Waals surface area contributed by atoms with Gasteiger partial charge in [0, 0.05) is 16.6 Å². The summed E-state index contributed by atoms with van der Waals surface area (Å²) in [5.41, 5.74) is 6.85. The maximum Gasteiger partial charge on any atom is 0.141 e. The summed E-state index contributed by atoms with van der Waals surface area (Å²) in [5.74, 6) is 1.17. The number of benzene rings is 1. The first-order valence-corrected chi connectivity index (χ1v) is 5.66. The van der Waals surface area contributed by atoms with Crippen LogP contribution in [0.25, 0.3) is 0 Å². The Labute approximate surface area is 99.3 Å². The minimum atomic E-state index is 0.303. The molecule has 1 aromatic rings. The molecule has 1 aliphatic carbocycles. The van der Waals surface area contributed by atoms with Crippen molar-refractivity contribution >= 4 is 23.2 Å². The molecule has 0 radical (unpaired) electrons. The van der Waals surface area contributed by atoms with Crippen molar-refractivity contribution in [2.75, 3.05) is 7.11 Å². The lowest BCUT2D eigenvalue weighted by atomic mass is 9.76. The molecule has 1 saturated carbocycles. The fourth-order valence-electron chi connectivity index (χ4n) is 2.01. The second-order valence-corrected chi connectivity index (χ2v) is 4.78. The second kappa shape index (κ2) is 4.20. The molecule has 2 N–H and O–H groups in total. The zero-order chi connectivity index (χ0) is 11.0. The predicted octanol–water partition coefficient (Wildman–Crippen LogP) is 3.21. The summed E-state index contributed by atoms with van der Waals surface area (Å²) in [6, 6.07) is 3.92. The Hall–Kier alpha value is -0.440. The van der Waals surface area contributed by atoms with Gasteiger partial charge in [-0.1, -0.05) is 23.2 Å². The Balaban J connectivity index is 2.36. The van der Waals surface area contributed by atoms with E-state index in [2.05, 4.69) is 0 Å². The van der Waals surface area contributed by atoms with Gasteiger partial charge in [0.05, 0.1) is 12.1 Å². The molecule has 82 valence electrons. The second-order valence-electron chi connectivity index (χ2n) is 3.94. The molecule has 0 aromatic heterocycles. The van der Waals surface area contributed by atoms with E-state index in [1.165, 1.54) is 0 Å². The third-order valence-electron chi connectivity index (χ3n) is 2.86. The van der Waals surface area contributed by atoms with E-state index in [4.69, 9.17) is 33.7 Å². The van der Waals surface area contributed by atoms with E-state index in [1.54, 1.807) is 13.2 Å². The van der Waals surface area contributed by atoms with Gasteiger partial charge in [0.15, 0.2) is 0 Å². The normalized spacial score (nSPS) is 24.8. The molecule has 0 aliphatic heterocycles. The van der Waals surface area contributed by atoms with Crippen molar-refractivity contribution in [1.82, 2.24) is 0 Å². The van der Waals surface area contributed by atoms with Crippen LogP contribution in [0.15, 0.2) is 12.1 Å². The molecule has 0 unspecified atom stereocenters. The van der Waals surface area contributed by atoms with Gasteiger partial charge in [-0.05, 0) is 30.9 Å². The first kappa shape index (κ1) is 11.1. The van der Waals surface area contributed by atoms with E-state index >= 15 is 0 Å². The molecule has 1 aliphatic rings. The highest BCUT2D eigenvalue weighted by Gasteiger charge is 2.30. The van der Waals surface area contributed by atoms with E-state index in [-0.39, 0.29) is 0 Å². The summed E-state index contributed by atoms with van der Waals surface area (Å²) in [5, 5.41) is 1.22. The van der Waals surface area contributed by atoms with Gasteiger partial charge in [0.1, 0.15) is 5.75 Å². The lowest BCUT2D eigenvalue weighted by molar-refractivity contribution is 0.334. The van der Waals surface area contributed by atoms with Crippen molar-refractivity contribution in [3.05, 3.63) is 27.7 Å². The number of halogens is 2. The average Bonchev–Trinajstić information content (AvgIpc) is 2.12. The zero-order valence-corrected chi connectivity index (χ0v) is 9.98. The van der Waals surface area contributed by atoms with E-state index in [0.717, 1.165) is 24.2 Å². The smallest absolute Gasteiger partial charge is 0.141 e. The van der Waals surface area contributed by atoms with Gasteiger partial charge in [-0.3, -0.25) is 0 Å². The van der Waals surface area contributed by atoms with Gasteiger partial charge < -0.3 is 10.5 Å². The van der Waals surface area contributed by atoms with E-state index < -0.39 is 0 Å². The predicted molar refractivity (Wildman–Crippen MR) is 63.0 cm³/mol. The molecular weight excluding hydrogens is 233 g/mol. The quantitative estimate of drug-likeness (QED) is 0.869. The molecule has 0 spiro atoms. The van der Waals surface area contributed by atoms with Crippen LogP contribution in [0, 0.1) is 0 Å². The van der Waals surface area contributed by atoms with E-state index in [0.29, 0.717) is 22.0 Å². The molecule has 2 rings (SSSR count). The van der Waals surface area contributed by atoms with Crippen molar-refractivity contribution in [3.8, 4) is 5.75 Å². The SMILES string of the molecule is COc1c(Cl)cc(Cl)cc1C1CC(N)C1. The van der Waals surface area contributed by atoms with Gasteiger partial charge in [-0.2, -0.15) is 0 Å². The van der Waals surface area contributed by atoms with Crippen LogP contribution in [-0.2, 0) is 0 Å². The number of ether oxygens (including phenoxy) is 1. The number of hydrogen-bond donors (Lipinski definition) is 1. The molecule has 4 heteroatoms. The largest absolute Gasteiger partial charge is 0.495 e. The van der Waals surface area contributed by atoms with Gasteiger partial charge in [0.25, 0.3) is 0 Å². The van der Waals surface area contributed by atoms with E-state index in [1.807, 2.05) is 6.07 Å². The van der Waals surface area contributed by atoms with Crippen molar-refractivity contribution in [2.45, 2.75) is 24.8 Å². The molecule has 1 aromatic carbocycles.